The fourth-order valence-corrected chi connectivity index (χ4v) is 3.35. The number of ether oxygens (including phenoxy) is 2. The van der Waals surface area contributed by atoms with E-state index in [0.29, 0.717) is 23.7 Å². The number of rotatable bonds is 4. The predicted molar refractivity (Wildman–Crippen MR) is 99.4 cm³/mol. The van der Waals surface area contributed by atoms with Crippen molar-refractivity contribution in [2.24, 2.45) is 5.92 Å². The minimum Gasteiger partial charge on any atom is -0.454 e. The monoisotopic (exact) mass is 381 g/mol. The second-order valence-corrected chi connectivity index (χ2v) is 6.77. The first kappa shape index (κ1) is 17.8. The number of fused-ring (bicyclic) bond motifs is 1. The Balaban J connectivity index is 1.38. The van der Waals surface area contributed by atoms with Gasteiger partial charge >= 0.3 is 0 Å². The summed E-state index contributed by atoms with van der Waals surface area (Å²) in [7, 11) is 0. The van der Waals surface area contributed by atoms with E-state index in [2.05, 4.69) is 5.32 Å². The van der Waals surface area contributed by atoms with Crippen LogP contribution in [0.3, 0.4) is 0 Å². The zero-order valence-electron chi connectivity index (χ0n) is 15.0. The Labute approximate surface area is 161 Å². The standard InChI is InChI=1S/C20H19N3O5/c21-15-4-2-1-3-14(15)20(26)22-19(25)13-8-18(24)23(10-13)9-12-5-6-16-17(7-12)28-11-27-16/h1-7,13H,8-11,21H2,(H,22,25,26). The Hall–Kier alpha value is -3.55. The van der Waals surface area contributed by atoms with Crippen LogP contribution in [0, 0.1) is 5.92 Å². The number of nitrogens with two attached hydrogens (primary N) is 1. The van der Waals surface area contributed by atoms with Gasteiger partial charge in [-0.15, -0.1) is 0 Å². The van der Waals surface area contributed by atoms with Crippen molar-refractivity contribution in [1.82, 2.24) is 10.2 Å². The highest BCUT2D eigenvalue weighted by Gasteiger charge is 2.35. The molecule has 1 atom stereocenters. The number of para-hydroxylation sites is 1. The molecular formula is C20H19N3O5. The van der Waals surface area contributed by atoms with E-state index in [-0.39, 0.29) is 31.2 Å². The van der Waals surface area contributed by atoms with E-state index >= 15 is 0 Å². The summed E-state index contributed by atoms with van der Waals surface area (Å²) in [5, 5.41) is 2.34. The molecule has 4 rings (SSSR count). The van der Waals surface area contributed by atoms with Gasteiger partial charge in [-0.05, 0) is 29.8 Å². The minimum atomic E-state index is -0.588. The Morgan fingerprint density at radius 1 is 1.14 bits per heavy atom. The Bertz CT molecular complexity index is 959. The summed E-state index contributed by atoms with van der Waals surface area (Å²) in [6, 6.07) is 12.0. The smallest absolute Gasteiger partial charge is 0.259 e. The molecule has 1 unspecified atom stereocenters. The predicted octanol–water partition coefficient (Wildman–Crippen LogP) is 1.30. The lowest BCUT2D eigenvalue weighted by molar-refractivity contribution is -0.129. The molecule has 8 heteroatoms. The fourth-order valence-electron chi connectivity index (χ4n) is 3.35. The molecule has 3 amide bonds. The molecule has 28 heavy (non-hydrogen) atoms. The van der Waals surface area contributed by atoms with Crippen molar-refractivity contribution in [3.8, 4) is 11.5 Å². The summed E-state index contributed by atoms with van der Waals surface area (Å²) in [5.41, 5.74) is 7.17. The highest BCUT2D eigenvalue weighted by molar-refractivity contribution is 6.08. The lowest BCUT2D eigenvalue weighted by Crippen LogP contribution is -2.37. The minimum absolute atomic E-state index is 0.0634. The quantitative estimate of drug-likeness (QED) is 0.610. The van der Waals surface area contributed by atoms with E-state index < -0.39 is 17.7 Å². The number of nitrogens with zero attached hydrogens (tertiary/aromatic N) is 1. The van der Waals surface area contributed by atoms with Crippen molar-refractivity contribution >= 4 is 23.4 Å². The first-order valence-electron chi connectivity index (χ1n) is 8.87. The van der Waals surface area contributed by atoms with Crippen LogP contribution in [0.25, 0.3) is 0 Å². The molecule has 2 aliphatic rings. The lowest BCUT2D eigenvalue weighted by Gasteiger charge is -2.17. The van der Waals surface area contributed by atoms with Gasteiger partial charge in [0.2, 0.25) is 18.6 Å². The van der Waals surface area contributed by atoms with Crippen molar-refractivity contribution in [2.45, 2.75) is 13.0 Å². The number of hydrogen-bond donors (Lipinski definition) is 2. The van der Waals surface area contributed by atoms with E-state index in [9.17, 15) is 14.4 Å². The van der Waals surface area contributed by atoms with Gasteiger partial charge < -0.3 is 20.1 Å². The number of carbonyl (C=O) groups is 3. The first-order valence-corrected chi connectivity index (χ1v) is 8.87. The number of likely N-dealkylation sites (tertiary alicyclic amines) is 1. The van der Waals surface area contributed by atoms with Crippen LogP contribution in [0.4, 0.5) is 5.69 Å². The second kappa shape index (κ2) is 7.22. The van der Waals surface area contributed by atoms with E-state index in [1.54, 1.807) is 35.2 Å². The third-order valence-corrected chi connectivity index (χ3v) is 4.84. The van der Waals surface area contributed by atoms with Crippen molar-refractivity contribution in [2.75, 3.05) is 19.1 Å². The summed E-state index contributed by atoms with van der Waals surface area (Å²) in [6.07, 6.45) is 0.0634. The Morgan fingerprint density at radius 2 is 1.93 bits per heavy atom. The molecule has 2 aromatic carbocycles. The fraction of sp³-hybridized carbons (Fsp3) is 0.250. The number of imide groups is 1. The molecule has 0 radical (unpaired) electrons. The molecule has 1 fully saturated rings. The summed E-state index contributed by atoms with van der Waals surface area (Å²) in [5.74, 6) is -0.448. The zero-order valence-corrected chi connectivity index (χ0v) is 15.0. The van der Waals surface area contributed by atoms with Gasteiger partial charge in [-0.2, -0.15) is 0 Å². The van der Waals surface area contributed by atoms with E-state index in [4.69, 9.17) is 15.2 Å². The lowest BCUT2D eigenvalue weighted by atomic mass is 10.1. The average Bonchev–Trinajstić information content (AvgIpc) is 3.28. The van der Waals surface area contributed by atoms with Crippen molar-refractivity contribution in [1.29, 1.82) is 0 Å². The highest BCUT2D eigenvalue weighted by atomic mass is 16.7. The van der Waals surface area contributed by atoms with Gasteiger partial charge in [0.15, 0.2) is 11.5 Å². The molecular weight excluding hydrogens is 362 g/mol. The summed E-state index contributed by atoms with van der Waals surface area (Å²) < 4.78 is 10.6. The molecule has 0 aliphatic carbocycles. The molecule has 8 nitrogen and oxygen atoms in total. The number of benzene rings is 2. The van der Waals surface area contributed by atoms with Gasteiger partial charge in [-0.1, -0.05) is 18.2 Å². The van der Waals surface area contributed by atoms with Crippen LogP contribution in [-0.4, -0.2) is 36.0 Å². The average molecular weight is 381 g/mol. The Kier molecular flexibility index (Phi) is 4.60. The summed E-state index contributed by atoms with van der Waals surface area (Å²) in [4.78, 5) is 38.6. The SMILES string of the molecule is Nc1ccccc1C(=O)NC(=O)C1CC(=O)N(Cc2ccc3c(c2)OCO3)C1. The van der Waals surface area contributed by atoms with E-state index in [0.717, 1.165) is 5.56 Å². The van der Waals surface area contributed by atoms with Gasteiger partial charge in [-0.25, -0.2) is 0 Å². The van der Waals surface area contributed by atoms with Crippen molar-refractivity contribution < 1.29 is 23.9 Å². The number of nitrogen functional groups attached to an aromatic ring is 1. The topological polar surface area (TPSA) is 111 Å². The third kappa shape index (κ3) is 3.48. The maximum atomic E-state index is 12.4. The molecule has 0 saturated carbocycles. The number of hydrogen-bond acceptors (Lipinski definition) is 6. The first-order chi connectivity index (χ1) is 13.5. The van der Waals surface area contributed by atoms with Gasteiger partial charge in [0, 0.05) is 25.2 Å². The molecule has 1 saturated heterocycles. The van der Waals surface area contributed by atoms with Crippen LogP contribution >= 0.6 is 0 Å². The third-order valence-electron chi connectivity index (χ3n) is 4.84. The number of carbonyl (C=O) groups excluding carboxylic acids is 3. The summed E-state index contributed by atoms with van der Waals surface area (Å²) in [6.45, 7) is 0.791. The molecule has 3 N–H and O–H groups in total. The number of anilines is 1. The maximum absolute atomic E-state index is 12.4. The molecule has 0 bridgehead atoms. The van der Waals surface area contributed by atoms with Crippen molar-refractivity contribution in [3.63, 3.8) is 0 Å². The van der Waals surface area contributed by atoms with Gasteiger partial charge in [0.1, 0.15) is 0 Å². The second-order valence-electron chi connectivity index (χ2n) is 6.77. The van der Waals surface area contributed by atoms with Crippen LogP contribution < -0.4 is 20.5 Å². The Morgan fingerprint density at radius 3 is 2.75 bits per heavy atom. The summed E-state index contributed by atoms with van der Waals surface area (Å²) >= 11 is 0. The largest absolute Gasteiger partial charge is 0.454 e. The zero-order chi connectivity index (χ0) is 19.7. The van der Waals surface area contributed by atoms with Crippen LogP contribution in [0.1, 0.15) is 22.3 Å². The number of amides is 3. The molecule has 0 spiro atoms. The molecule has 2 aliphatic heterocycles. The van der Waals surface area contributed by atoms with Crippen LogP contribution in [-0.2, 0) is 16.1 Å². The normalized spacial score (nSPS) is 17.6. The van der Waals surface area contributed by atoms with Gasteiger partial charge in [-0.3, -0.25) is 19.7 Å². The van der Waals surface area contributed by atoms with Gasteiger partial charge in [0.05, 0.1) is 11.5 Å². The van der Waals surface area contributed by atoms with Crippen LogP contribution in [0.2, 0.25) is 0 Å². The van der Waals surface area contributed by atoms with Crippen molar-refractivity contribution in [3.05, 3.63) is 53.6 Å². The van der Waals surface area contributed by atoms with E-state index in [1.165, 1.54) is 0 Å². The van der Waals surface area contributed by atoms with E-state index in [1.807, 2.05) is 12.1 Å². The molecule has 0 aromatic heterocycles. The number of nitrogens with one attached hydrogen (secondary N) is 1. The molecule has 2 heterocycles. The van der Waals surface area contributed by atoms with Gasteiger partial charge in [0.25, 0.3) is 5.91 Å². The maximum Gasteiger partial charge on any atom is 0.259 e. The van der Waals surface area contributed by atoms with Crippen LogP contribution in [0.15, 0.2) is 42.5 Å². The molecule has 2 aromatic rings. The molecule has 144 valence electrons. The highest BCUT2D eigenvalue weighted by Crippen LogP contribution is 2.33. The van der Waals surface area contributed by atoms with Crippen LogP contribution in [0.5, 0.6) is 11.5 Å².